The summed E-state index contributed by atoms with van der Waals surface area (Å²) in [4.78, 5) is 42.8. The van der Waals surface area contributed by atoms with E-state index in [9.17, 15) is 19.5 Å². The van der Waals surface area contributed by atoms with E-state index in [0.29, 0.717) is 56.8 Å². The van der Waals surface area contributed by atoms with Crippen LogP contribution >= 0.6 is 0 Å². The van der Waals surface area contributed by atoms with Gasteiger partial charge in [-0.1, -0.05) is 30.3 Å². The molecule has 3 saturated heterocycles. The first-order valence-corrected chi connectivity index (χ1v) is 13.9. The minimum atomic E-state index is -1.03. The third-order valence-electron chi connectivity index (χ3n) is 8.15. The number of nitrogens with one attached hydrogen (secondary N) is 2. The molecule has 2 aromatic rings. The first-order chi connectivity index (χ1) is 19.0. The van der Waals surface area contributed by atoms with Crippen LogP contribution in [0.3, 0.4) is 0 Å². The molecule has 5 atom stereocenters. The molecule has 0 radical (unpaired) electrons. The number of anilines is 1. The molecule has 0 aliphatic carbocycles. The van der Waals surface area contributed by atoms with Crippen LogP contribution in [0.4, 0.5) is 5.69 Å². The summed E-state index contributed by atoms with van der Waals surface area (Å²) >= 11 is 0. The van der Waals surface area contributed by atoms with Crippen LogP contribution in [0, 0.1) is 11.8 Å². The van der Waals surface area contributed by atoms with Crippen LogP contribution in [0.2, 0.25) is 0 Å². The summed E-state index contributed by atoms with van der Waals surface area (Å²) in [6.07, 6.45) is 2.78. The van der Waals surface area contributed by atoms with E-state index in [4.69, 9.17) is 9.47 Å². The van der Waals surface area contributed by atoms with Gasteiger partial charge in [0.15, 0.2) is 0 Å². The van der Waals surface area contributed by atoms with Crippen molar-refractivity contribution >= 4 is 23.4 Å². The summed E-state index contributed by atoms with van der Waals surface area (Å²) < 4.78 is 12.0. The largest absolute Gasteiger partial charge is 0.494 e. The second-order valence-corrected chi connectivity index (χ2v) is 10.5. The SMILES string of the molecule is CCOc1ccc(NC(=O)[C@@H]2[C@H]3C(=O)N(CCCCCO)C(C(=O)NCc4ccccc4)C34CC[C@H]2O4)cc1. The fraction of sp³-hybridized carbons (Fsp3) is 0.500. The van der Waals surface area contributed by atoms with Gasteiger partial charge in [-0.25, -0.2) is 0 Å². The summed E-state index contributed by atoms with van der Waals surface area (Å²) in [5.74, 6) is -1.41. The van der Waals surface area contributed by atoms with E-state index >= 15 is 0 Å². The normalized spacial score (nSPS) is 26.9. The Hall–Kier alpha value is -3.43. The average molecular weight is 536 g/mol. The Labute approximate surface area is 228 Å². The summed E-state index contributed by atoms with van der Waals surface area (Å²) in [6.45, 7) is 3.26. The molecule has 1 spiro atoms. The lowest BCUT2D eigenvalue weighted by atomic mass is 9.70. The third-order valence-corrected chi connectivity index (χ3v) is 8.15. The van der Waals surface area contributed by atoms with Gasteiger partial charge in [-0.05, 0) is 68.9 Å². The lowest BCUT2D eigenvalue weighted by Gasteiger charge is -2.33. The Balaban J connectivity index is 1.36. The van der Waals surface area contributed by atoms with Gasteiger partial charge in [0, 0.05) is 25.4 Å². The zero-order valence-electron chi connectivity index (χ0n) is 22.3. The molecule has 208 valence electrons. The van der Waals surface area contributed by atoms with Crippen molar-refractivity contribution in [2.75, 3.05) is 25.1 Å². The highest BCUT2D eigenvalue weighted by Gasteiger charge is 2.74. The molecule has 0 aromatic heterocycles. The van der Waals surface area contributed by atoms with Gasteiger partial charge in [0.1, 0.15) is 17.4 Å². The van der Waals surface area contributed by atoms with Crippen LogP contribution in [0.5, 0.6) is 5.75 Å². The number of ether oxygens (including phenoxy) is 2. The van der Waals surface area contributed by atoms with E-state index in [2.05, 4.69) is 10.6 Å². The second kappa shape index (κ2) is 11.8. The van der Waals surface area contributed by atoms with Crippen LogP contribution in [-0.2, 0) is 25.7 Å². The summed E-state index contributed by atoms with van der Waals surface area (Å²) in [6, 6.07) is 15.9. The van der Waals surface area contributed by atoms with Crippen LogP contribution in [0.25, 0.3) is 0 Å². The molecule has 2 unspecified atom stereocenters. The Morgan fingerprint density at radius 1 is 1.08 bits per heavy atom. The smallest absolute Gasteiger partial charge is 0.246 e. The number of aliphatic hydroxyl groups is 1. The van der Waals surface area contributed by atoms with Crippen LogP contribution in [-0.4, -0.2) is 65.2 Å². The molecule has 3 N–H and O–H groups in total. The first kappa shape index (κ1) is 27.1. The second-order valence-electron chi connectivity index (χ2n) is 10.5. The fourth-order valence-electron chi connectivity index (χ4n) is 6.47. The number of carbonyl (C=O) groups excluding carboxylic acids is 3. The molecular formula is C30H37N3O6. The highest BCUT2D eigenvalue weighted by Crippen LogP contribution is 2.58. The van der Waals surface area contributed by atoms with Crippen molar-refractivity contribution < 1.29 is 29.0 Å². The lowest BCUT2D eigenvalue weighted by molar-refractivity contribution is -0.141. The molecule has 3 heterocycles. The zero-order chi connectivity index (χ0) is 27.4. The minimum Gasteiger partial charge on any atom is -0.494 e. The molecule has 3 aliphatic heterocycles. The van der Waals surface area contributed by atoms with E-state index in [-0.39, 0.29) is 24.3 Å². The van der Waals surface area contributed by atoms with Crippen molar-refractivity contribution in [1.29, 1.82) is 0 Å². The summed E-state index contributed by atoms with van der Waals surface area (Å²) in [7, 11) is 0. The first-order valence-electron chi connectivity index (χ1n) is 13.9. The van der Waals surface area contributed by atoms with Crippen molar-refractivity contribution in [2.45, 2.75) is 63.3 Å². The number of rotatable bonds is 12. The molecule has 3 aliphatic rings. The van der Waals surface area contributed by atoms with E-state index in [0.717, 1.165) is 12.0 Å². The van der Waals surface area contributed by atoms with Gasteiger partial charge < -0.3 is 30.1 Å². The van der Waals surface area contributed by atoms with Crippen molar-refractivity contribution in [3.05, 3.63) is 60.2 Å². The molecule has 39 heavy (non-hydrogen) atoms. The van der Waals surface area contributed by atoms with Crippen LogP contribution in [0.1, 0.15) is 44.6 Å². The molecule has 3 amide bonds. The number of aliphatic hydroxyl groups excluding tert-OH is 1. The molecule has 3 fully saturated rings. The quantitative estimate of drug-likeness (QED) is 0.360. The monoisotopic (exact) mass is 535 g/mol. The molecule has 9 heteroatoms. The van der Waals surface area contributed by atoms with Gasteiger partial charge in [0.05, 0.1) is 24.5 Å². The Bertz CT molecular complexity index is 1170. The van der Waals surface area contributed by atoms with Gasteiger partial charge in [-0.2, -0.15) is 0 Å². The number of nitrogens with zero attached hydrogens (tertiary/aromatic N) is 1. The summed E-state index contributed by atoms with van der Waals surface area (Å²) in [5, 5.41) is 15.2. The van der Waals surface area contributed by atoms with Gasteiger partial charge in [-0.3, -0.25) is 14.4 Å². The topological polar surface area (TPSA) is 117 Å². The standard InChI is InChI=1S/C30H37N3O6/c1-2-38-22-13-11-21(12-14-22)32-27(35)24-23-15-16-30(39-23)25(24)29(37)33(17-7-4-8-18-34)26(30)28(36)31-19-20-9-5-3-6-10-20/h3,5-6,9-14,23-26,34H,2,4,7-8,15-19H2,1H3,(H,31,36)(H,32,35)/t23-,24+,25+,26?,30?/m1/s1. The van der Waals surface area contributed by atoms with Gasteiger partial charge in [0.25, 0.3) is 0 Å². The van der Waals surface area contributed by atoms with Gasteiger partial charge >= 0.3 is 0 Å². The Kier molecular flexibility index (Phi) is 8.18. The maximum atomic E-state index is 13.9. The summed E-state index contributed by atoms with van der Waals surface area (Å²) in [5.41, 5.74) is 0.548. The maximum absolute atomic E-state index is 13.9. The van der Waals surface area contributed by atoms with Gasteiger partial charge in [0.2, 0.25) is 17.7 Å². The molecule has 2 bridgehead atoms. The number of unbranched alkanes of at least 4 members (excludes halogenated alkanes) is 2. The van der Waals surface area contributed by atoms with E-state index in [1.807, 2.05) is 37.3 Å². The van der Waals surface area contributed by atoms with E-state index < -0.39 is 29.6 Å². The van der Waals surface area contributed by atoms with E-state index in [1.165, 1.54) is 0 Å². The zero-order valence-corrected chi connectivity index (χ0v) is 22.3. The number of benzene rings is 2. The number of hydrogen-bond acceptors (Lipinski definition) is 6. The number of likely N-dealkylation sites (tertiary alicyclic amines) is 1. The Morgan fingerprint density at radius 2 is 1.85 bits per heavy atom. The number of amides is 3. The predicted octanol–water partition coefficient (Wildman–Crippen LogP) is 2.88. The molecule has 0 saturated carbocycles. The highest BCUT2D eigenvalue weighted by molar-refractivity contribution is 6.02. The molecule has 5 rings (SSSR count). The number of fused-ring (bicyclic) bond motifs is 1. The van der Waals surface area contributed by atoms with Crippen LogP contribution in [0.15, 0.2) is 54.6 Å². The van der Waals surface area contributed by atoms with Crippen molar-refractivity contribution in [2.24, 2.45) is 11.8 Å². The molecular weight excluding hydrogens is 498 g/mol. The van der Waals surface area contributed by atoms with E-state index in [1.54, 1.807) is 29.2 Å². The van der Waals surface area contributed by atoms with Crippen molar-refractivity contribution in [3.8, 4) is 5.75 Å². The maximum Gasteiger partial charge on any atom is 0.246 e. The molecule has 9 nitrogen and oxygen atoms in total. The molecule has 2 aromatic carbocycles. The predicted molar refractivity (Wildman–Crippen MR) is 145 cm³/mol. The van der Waals surface area contributed by atoms with Crippen molar-refractivity contribution in [3.63, 3.8) is 0 Å². The minimum absolute atomic E-state index is 0.0834. The lowest BCUT2D eigenvalue weighted by Crippen LogP contribution is -2.55. The van der Waals surface area contributed by atoms with Crippen LogP contribution < -0.4 is 15.4 Å². The third kappa shape index (κ3) is 5.25. The average Bonchev–Trinajstić information content (AvgIpc) is 3.59. The number of carbonyl (C=O) groups is 3. The van der Waals surface area contributed by atoms with Gasteiger partial charge in [-0.15, -0.1) is 0 Å². The fourth-order valence-corrected chi connectivity index (χ4v) is 6.47. The van der Waals surface area contributed by atoms with Crippen molar-refractivity contribution in [1.82, 2.24) is 10.2 Å². The Morgan fingerprint density at radius 3 is 2.56 bits per heavy atom. The number of hydrogen-bond donors (Lipinski definition) is 3. The highest BCUT2D eigenvalue weighted by atomic mass is 16.5.